The van der Waals surface area contributed by atoms with Crippen LogP contribution in [0, 0.1) is 11.3 Å². The lowest BCUT2D eigenvalue weighted by Crippen LogP contribution is -2.49. The molecule has 0 spiro atoms. The molecule has 0 aromatic carbocycles. The summed E-state index contributed by atoms with van der Waals surface area (Å²) in [6, 6.07) is 0. The van der Waals surface area contributed by atoms with Crippen molar-refractivity contribution in [1.82, 2.24) is 10.2 Å². The Morgan fingerprint density at radius 2 is 2.00 bits per heavy atom. The minimum absolute atomic E-state index is 0.0657. The summed E-state index contributed by atoms with van der Waals surface area (Å²) in [5.41, 5.74) is -0.0657. The van der Waals surface area contributed by atoms with Gasteiger partial charge in [-0.15, -0.1) is 0 Å². The number of nitrogens with zero attached hydrogens (tertiary/aromatic N) is 1. The zero-order chi connectivity index (χ0) is 12.3. The molecule has 3 heteroatoms. The zero-order valence-electron chi connectivity index (χ0n) is 11.3. The molecule has 0 atom stereocenters. The van der Waals surface area contributed by atoms with E-state index in [0.29, 0.717) is 5.91 Å². The summed E-state index contributed by atoms with van der Waals surface area (Å²) in [4.78, 5) is 14.6. The molecule has 1 aliphatic carbocycles. The molecule has 17 heavy (non-hydrogen) atoms. The summed E-state index contributed by atoms with van der Waals surface area (Å²) >= 11 is 0. The first-order valence-corrected chi connectivity index (χ1v) is 7.14. The Morgan fingerprint density at radius 3 is 2.47 bits per heavy atom. The number of amides is 1. The van der Waals surface area contributed by atoms with E-state index >= 15 is 0 Å². The van der Waals surface area contributed by atoms with Crippen molar-refractivity contribution in [3.8, 4) is 0 Å². The summed E-state index contributed by atoms with van der Waals surface area (Å²) < 4.78 is 0. The van der Waals surface area contributed by atoms with Crippen LogP contribution in [-0.4, -0.2) is 37.5 Å². The molecule has 3 nitrogen and oxygen atoms in total. The van der Waals surface area contributed by atoms with Crippen LogP contribution in [0.3, 0.4) is 0 Å². The summed E-state index contributed by atoms with van der Waals surface area (Å²) in [6.45, 7) is 5.14. The summed E-state index contributed by atoms with van der Waals surface area (Å²) in [5, 5.41) is 3.36. The van der Waals surface area contributed by atoms with E-state index in [0.717, 1.165) is 44.8 Å². The van der Waals surface area contributed by atoms with Crippen molar-refractivity contribution < 1.29 is 4.79 Å². The minimum Gasteiger partial charge on any atom is -0.345 e. The van der Waals surface area contributed by atoms with Gasteiger partial charge in [0.1, 0.15) is 0 Å². The van der Waals surface area contributed by atoms with E-state index in [-0.39, 0.29) is 5.41 Å². The average molecular weight is 238 g/mol. The molecule has 0 unspecified atom stereocenters. The predicted molar refractivity (Wildman–Crippen MR) is 69.8 cm³/mol. The van der Waals surface area contributed by atoms with Gasteiger partial charge < -0.3 is 10.2 Å². The fraction of sp³-hybridized carbons (Fsp3) is 0.929. The van der Waals surface area contributed by atoms with Crippen LogP contribution in [0.15, 0.2) is 0 Å². The molecule has 1 amide bonds. The normalized spacial score (nSPS) is 24.1. The molecule has 1 N–H and O–H groups in total. The number of rotatable bonds is 4. The SMILES string of the molecule is CCC1(C(=O)N(C)CC2CCC2)CCNCC1. The Balaban J connectivity index is 1.94. The van der Waals surface area contributed by atoms with Crippen molar-refractivity contribution in [2.45, 2.75) is 45.4 Å². The lowest BCUT2D eigenvalue weighted by Gasteiger charge is -2.40. The van der Waals surface area contributed by atoms with E-state index in [1.807, 2.05) is 11.9 Å². The molecule has 2 fully saturated rings. The van der Waals surface area contributed by atoms with Crippen LogP contribution in [0.5, 0.6) is 0 Å². The van der Waals surface area contributed by atoms with E-state index in [9.17, 15) is 4.79 Å². The van der Waals surface area contributed by atoms with Crippen molar-refractivity contribution in [1.29, 1.82) is 0 Å². The Kier molecular flexibility index (Phi) is 4.08. The van der Waals surface area contributed by atoms with Gasteiger partial charge in [-0.05, 0) is 51.1 Å². The van der Waals surface area contributed by atoms with Gasteiger partial charge in [0.2, 0.25) is 5.91 Å². The second-order valence-corrected chi connectivity index (χ2v) is 5.87. The third-order valence-corrected chi connectivity index (χ3v) is 4.79. The molecule has 0 aromatic rings. The van der Waals surface area contributed by atoms with Crippen LogP contribution in [0.2, 0.25) is 0 Å². The number of carbonyl (C=O) groups is 1. The van der Waals surface area contributed by atoms with Gasteiger partial charge in [-0.25, -0.2) is 0 Å². The maximum atomic E-state index is 12.6. The van der Waals surface area contributed by atoms with Gasteiger partial charge in [-0.1, -0.05) is 13.3 Å². The second kappa shape index (κ2) is 5.38. The van der Waals surface area contributed by atoms with E-state index in [1.165, 1.54) is 19.3 Å². The van der Waals surface area contributed by atoms with Crippen LogP contribution < -0.4 is 5.32 Å². The molecular formula is C14H26N2O. The van der Waals surface area contributed by atoms with Crippen LogP contribution in [0.25, 0.3) is 0 Å². The largest absolute Gasteiger partial charge is 0.345 e. The Hall–Kier alpha value is -0.570. The standard InChI is InChI=1S/C14H26N2O/c1-3-14(7-9-15-10-8-14)13(17)16(2)11-12-5-4-6-12/h12,15H,3-11H2,1-2H3. The number of nitrogens with one attached hydrogen (secondary N) is 1. The van der Waals surface area contributed by atoms with Crippen molar-refractivity contribution in [2.24, 2.45) is 11.3 Å². The first kappa shape index (κ1) is 12.9. The third kappa shape index (κ3) is 2.65. The van der Waals surface area contributed by atoms with Gasteiger partial charge in [-0.2, -0.15) is 0 Å². The fourth-order valence-corrected chi connectivity index (χ4v) is 3.17. The molecule has 2 rings (SSSR count). The van der Waals surface area contributed by atoms with E-state index < -0.39 is 0 Å². The lowest BCUT2D eigenvalue weighted by atomic mass is 9.75. The molecule has 0 bridgehead atoms. The molecule has 1 heterocycles. The number of hydrogen-bond acceptors (Lipinski definition) is 2. The Bertz CT molecular complexity index is 267. The van der Waals surface area contributed by atoms with Crippen LogP contribution in [0.1, 0.15) is 45.4 Å². The number of carbonyl (C=O) groups excluding carboxylic acids is 1. The number of piperidine rings is 1. The Morgan fingerprint density at radius 1 is 1.35 bits per heavy atom. The smallest absolute Gasteiger partial charge is 0.228 e. The molecule has 0 aromatic heterocycles. The van der Waals surface area contributed by atoms with Crippen LogP contribution >= 0.6 is 0 Å². The van der Waals surface area contributed by atoms with Crippen molar-refractivity contribution >= 4 is 5.91 Å². The van der Waals surface area contributed by atoms with Crippen LogP contribution in [-0.2, 0) is 4.79 Å². The maximum absolute atomic E-state index is 12.6. The average Bonchev–Trinajstić information content (AvgIpc) is 2.33. The van der Waals surface area contributed by atoms with Crippen molar-refractivity contribution in [2.75, 3.05) is 26.7 Å². The molecule has 1 aliphatic heterocycles. The minimum atomic E-state index is -0.0657. The fourth-order valence-electron chi connectivity index (χ4n) is 3.17. The lowest BCUT2D eigenvalue weighted by molar-refractivity contribution is -0.143. The molecule has 2 aliphatic rings. The summed E-state index contributed by atoms with van der Waals surface area (Å²) in [5.74, 6) is 1.17. The zero-order valence-corrected chi connectivity index (χ0v) is 11.3. The monoisotopic (exact) mass is 238 g/mol. The predicted octanol–water partition coefficient (Wildman–Crippen LogP) is 2.02. The maximum Gasteiger partial charge on any atom is 0.228 e. The van der Waals surface area contributed by atoms with Gasteiger partial charge in [0.05, 0.1) is 5.41 Å². The van der Waals surface area contributed by atoms with Crippen LogP contribution in [0.4, 0.5) is 0 Å². The second-order valence-electron chi connectivity index (χ2n) is 5.87. The molecule has 0 radical (unpaired) electrons. The van der Waals surface area contributed by atoms with Gasteiger partial charge in [0, 0.05) is 13.6 Å². The van der Waals surface area contributed by atoms with E-state index in [1.54, 1.807) is 0 Å². The first-order chi connectivity index (χ1) is 8.18. The number of hydrogen-bond donors (Lipinski definition) is 1. The highest BCUT2D eigenvalue weighted by Crippen LogP contribution is 2.35. The molecular weight excluding hydrogens is 212 g/mol. The van der Waals surface area contributed by atoms with Gasteiger partial charge in [0.25, 0.3) is 0 Å². The molecule has 1 saturated carbocycles. The van der Waals surface area contributed by atoms with Crippen molar-refractivity contribution in [3.63, 3.8) is 0 Å². The quantitative estimate of drug-likeness (QED) is 0.812. The highest BCUT2D eigenvalue weighted by molar-refractivity contribution is 5.82. The molecule has 98 valence electrons. The topological polar surface area (TPSA) is 32.3 Å². The summed E-state index contributed by atoms with van der Waals surface area (Å²) in [7, 11) is 2.00. The van der Waals surface area contributed by atoms with Crippen molar-refractivity contribution in [3.05, 3.63) is 0 Å². The Labute approximate surface area is 105 Å². The van der Waals surface area contributed by atoms with Gasteiger partial charge in [0.15, 0.2) is 0 Å². The van der Waals surface area contributed by atoms with E-state index in [4.69, 9.17) is 0 Å². The third-order valence-electron chi connectivity index (χ3n) is 4.79. The van der Waals surface area contributed by atoms with Gasteiger partial charge >= 0.3 is 0 Å². The highest BCUT2D eigenvalue weighted by atomic mass is 16.2. The van der Waals surface area contributed by atoms with E-state index in [2.05, 4.69) is 12.2 Å². The van der Waals surface area contributed by atoms with Gasteiger partial charge in [-0.3, -0.25) is 4.79 Å². The molecule has 1 saturated heterocycles. The summed E-state index contributed by atoms with van der Waals surface area (Å²) in [6.07, 6.45) is 7.00. The first-order valence-electron chi connectivity index (χ1n) is 7.14. The highest BCUT2D eigenvalue weighted by Gasteiger charge is 2.40.